The first-order chi connectivity index (χ1) is 13.2. The zero-order valence-electron chi connectivity index (χ0n) is 14.8. The van der Waals surface area contributed by atoms with E-state index in [-0.39, 0.29) is 5.91 Å². The Morgan fingerprint density at radius 1 is 1.19 bits per heavy atom. The number of halogens is 1. The van der Waals surface area contributed by atoms with E-state index in [1.807, 2.05) is 35.0 Å². The van der Waals surface area contributed by atoms with E-state index < -0.39 is 0 Å². The molecule has 2 aromatic heterocycles. The molecule has 1 aliphatic heterocycles. The molecule has 0 radical (unpaired) electrons. The van der Waals surface area contributed by atoms with E-state index in [0.717, 1.165) is 17.4 Å². The fourth-order valence-corrected chi connectivity index (χ4v) is 3.49. The molecule has 27 heavy (non-hydrogen) atoms. The third-order valence-electron chi connectivity index (χ3n) is 4.59. The average Bonchev–Trinajstić information content (AvgIpc) is 3.37. The second-order valence-corrected chi connectivity index (χ2v) is 6.96. The summed E-state index contributed by atoms with van der Waals surface area (Å²) in [6, 6.07) is 11.3. The highest BCUT2D eigenvalue weighted by Gasteiger charge is 2.26. The fourth-order valence-electron chi connectivity index (χ4n) is 3.19. The normalized spacial score (nSPS) is 14.4. The molecule has 1 aromatic carbocycles. The summed E-state index contributed by atoms with van der Waals surface area (Å²) < 4.78 is 13.3. The van der Waals surface area contributed by atoms with Crippen molar-refractivity contribution >= 4 is 27.8 Å². The lowest BCUT2D eigenvalue weighted by molar-refractivity contribution is 0.0712. The van der Waals surface area contributed by atoms with E-state index in [9.17, 15) is 4.79 Å². The number of amides is 1. The molecule has 1 fully saturated rings. The minimum absolute atomic E-state index is 0.0866. The van der Waals surface area contributed by atoms with Gasteiger partial charge in [-0.15, -0.1) is 0 Å². The topological polar surface area (TPSA) is 63.7 Å². The van der Waals surface area contributed by atoms with Crippen molar-refractivity contribution in [3.8, 4) is 11.4 Å². The molecule has 1 aliphatic rings. The molecule has 3 aromatic rings. The summed E-state index contributed by atoms with van der Waals surface area (Å²) in [4.78, 5) is 21.0. The second kappa shape index (κ2) is 7.48. The molecular formula is C19H19BrN4O3. The first-order valence-corrected chi connectivity index (χ1v) is 9.42. The Labute approximate surface area is 165 Å². The third-order valence-corrected chi connectivity index (χ3v) is 5.01. The van der Waals surface area contributed by atoms with Gasteiger partial charge in [0.2, 0.25) is 5.95 Å². The minimum atomic E-state index is -0.0866. The van der Waals surface area contributed by atoms with Gasteiger partial charge in [0.15, 0.2) is 10.4 Å². The molecule has 140 valence electrons. The van der Waals surface area contributed by atoms with Crippen LogP contribution in [0, 0.1) is 0 Å². The quantitative estimate of drug-likeness (QED) is 0.635. The number of imidazole rings is 1. The van der Waals surface area contributed by atoms with Crippen LogP contribution in [-0.2, 0) is 0 Å². The van der Waals surface area contributed by atoms with Crippen LogP contribution in [0.25, 0.3) is 5.69 Å². The monoisotopic (exact) mass is 430 g/mol. The van der Waals surface area contributed by atoms with E-state index >= 15 is 0 Å². The van der Waals surface area contributed by atoms with Crippen molar-refractivity contribution in [2.45, 2.75) is 0 Å². The maximum atomic E-state index is 12.5. The van der Waals surface area contributed by atoms with Gasteiger partial charge in [-0.25, -0.2) is 4.98 Å². The Morgan fingerprint density at radius 2 is 2.00 bits per heavy atom. The molecule has 4 rings (SSSR count). The van der Waals surface area contributed by atoms with Crippen molar-refractivity contribution in [1.82, 2.24) is 14.5 Å². The molecule has 0 spiro atoms. The maximum Gasteiger partial charge on any atom is 0.289 e. The van der Waals surface area contributed by atoms with E-state index in [0.29, 0.717) is 36.6 Å². The number of piperazine rings is 1. The fraction of sp³-hybridized carbons (Fsp3) is 0.263. The van der Waals surface area contributed by atoms with Gasteiger partial charge >= 0.3 is 0 Å². The number of carbonyl (C=O) groups is 1. The predicted molar refractivity (Wildman–Crippen MR) is 105 cm³/mol. The molecule has 1 amide bonds. The zero-order valence-corrected chi connectivity index (χ0v) is 16.4. The van der Waals surface area contributed by atoms with Crippen LogP contribution in [0.5, 0.6) is 5.75 Å². The highest BCUT2D eigenvalue weighted by Crippen LogP contribution is 2.23. The Bertz CT molecular complexity index is 944. The van der Waals surface area contributed by atoms with Crippen LogP contribution < -0.4 is 9.64 Å². The average molecular weight is 431 g/mol. The molecule has 0 unspecified atom stereocenters. The van der Waals surface area contributed by atoms with Crippen LogP contribution in [0.4, 0.5) is 5.95 Å². The van der Waals surface area contributed by atoms with Crippen molar-refractivity contribution in [3.05, 3.63) is 59.2 Å². The number of carbonyl (C=O) groups excluding carboxylic acids is 1. The van der Waals surface area contributed by atoms with Crippen LogP contribution >= 0.6 is 15.9 Å². The van der Waals surface area contributed by atoms with Gasteiger partial charge < -0.3 is 19.0 Å². The van der Waals surface area contributed by atoms with Crippen LogP contribution in [0.1, 0.15) is 10.6 Å². The van der Waals surface area contributed by atoms with Crippen molar-refractivity contribution in [2.24, 2.45) is 0 Å². The molecule has 0 atom stereocenters. The number of hydrogen-bond donors (Lipinski definition) is 0. The Kier molecular flexibility index (Phi) is 4.89. The van der Waals surface area contributed by atoms with E-state index in [1.165, 1.54) is 0 Å². The van der Waals surface area contributed by atoms with E-state index in [4.69, 9.17) is 9.15 Å². The van der Waals surface area contributed by atoms with Crippen molar-refractivity contribution in [3.63, 3.8) is 0 Å². The lowest BCUT2D eigenvalue weighted by Crippen LogP contribution is -2.49. The van der Waals surface area contributed by atoms with Gasteiger partial charge in [-0.1, -0.05) is 6.07 Å². The van der Waals surface area contributed by atoms with Gasteiger partial charge in [0.1, 0.15) is 5.75 Å². The summed E-state index contributed by atoms with van der Waals surface area (Å²) in [6.45, 7) is 2.63. The molecule has 0 bridgehead atoms. The summed E-state index contributed by atoms with van der Waals surface area (Å²) >= 11 is 3.23. The van der Waals surface area contributed by atoms with Crippen molar-refractivity contribution in [1.29, 1.82) is 0 Å². The Balaban J connectivity index is 1.48. The van der Waals surface area contributed by atoms with Crippen LogP contribution in [0.2, 0.25) is 0 Å². The smallest absolute Gasteiger partial charge is 0.289 e. The molecule has 7 nitrogen and oxygen atoms in total. The number of benzene rings is 1. The Hall–Kier alpha value is -2.74. The molecular weight excluding hydrogens is 412 g/mol. The molecule has 0 saturated carbocycles. The summed E-state index contributed by atoms with van der Waals surface area (Å²) in [5.74, 6) is 1.92. The minimum Gasteiger partial charge on any atom is -0.497 e. The lowest BCUT2D eigenvalue weighted by Gasteiger charge is -2.35. The number of aromatic nitrogens is 2. The zero-order chi connectivity index (χ0) is 18.8. The molecule has 1 saturated heterocycles. The van der Waals surface area contributed by atoms with Gasteiger partial charge in [-0.3, -0.25) is 9.36 Å². The number of furan rings is 1. The summed E-state index contributed by atoms with van der Waals surface area (Å²) in [7, 11) is 1.65. The summed E-state index contributed by atoms with van der Waals surface area (Å²) in [5, 5.41) is 0. The van der Waals surface area contributed by atoms with Crippen LogP contribution in [-0.4, -0.2) is 53.6 Å². The van der Waals surface area contributed by atoms with Crippen LogP contribution in [0.15, 0.2) is 57.9 Å². The number of hydrogen-bond acceptors (Lipinski definition) is 5. The van der Waals surface area contributed by atoms with Crippen molar-refractivity contribution in [2.75, 3.05) is 38.2 Å². The van der Waals surface area contributed by atoms with Gasteiger partial charge in [0.25, 0.3) is 5.91 Å². The van der Waals surface area contributed by atoms with Crippen molar-refractivity contribution < 1.29 is 13.9 Å². The molecule has 8 heteroatoms. The van der Waals surface area contributed by atoms with E-state index in [1.54, 1.807) is 30.3 Å². The SMILES string of the molecule is COc1cccc(-n2ccnc2N2CCN(C(=O)c3ccc(Br)o3)CC2)c1. The predicted octanol–water partition coefficient (Wildman–Crippen LogP) is 3.20. The van der Waals surface area contributed by atoms with Crippen LogP contribution in [0.3, 0.4) is 0 Å². The van der Waals surface area contributed by atoms with E-state index in [2.05, 4.69) is 25.8 Å². The number of nitrogens with zero attached hydrogens (tertiary/aromatic N) is 4. The molecule has 3 heterocycles. The highest BCUT2D eigenvalue weighted by molar-refractivity contribution is 9.10. The standard InChI is InChI=1S/C19H19BrN4O3/c1-26-15-4-2-3-14(13-15)24-8-7-21-19(24)23-11-9-22(10-12-23)18(25)16-5-6-17(20)27-16/h2-8,13H,9-12H2,1H3. The van der Waals surface area contributed by atoms with Gasteiger partial charge in [-0.2, -0.15) is 0 Å². The second-order valence-electron chi connectivity index (χ2n) is 6.18. The number of ether oxygens (including phenoxy) is 1. The van der Waals surface area contributed by atoms with Gasteiger partial charge in [0.05, 0.1) is 12.8 Å². The number of anilines is 1. The van der Waals surface area contributed by atoms with Gasteiger partial charge in [0, 0.05) is 44.6 Å². The molecule has 0 N–H and O–H groups in total. The lowest BCUT2D eigenvalue weighted by atomic mass is 10.3. The van der Waals surface area contributed by atoms with Gasteiger partial charge in [-0.05, 0) is 40.2 Å². The molecule has 0 aliphatic carbocycles. The number of rotatable bonds is 4. The summed E-state index contributed by atoms with van der Waals surface area (Å²) in [5.41, 5.74) is 0.987. The summed E-state index contributed by atoms with van der Waals surface area (Å²) in [6.07, 6.45) is 3.72. The largest absolute Gasteiger partial charge is 0.497 e. The Morgan fingerprint density at radius 3 is 2.70 bits per heavy atom. The highest BCUT2D eigenvalue weighted by atomic mass is 79.9. The first-order valence-electron chi connectivity index (χ1n) is 8.63. The first kappa shape index (κ1) is 17.7. The number of methoxy groups -OCH3 is 1. The third kappa shape index (κ3) is 3.57. The maximum absolute atomic E-state index is 12.5.